The van der Waals surface area contributed by atoms with Gasteiger partial charge in [0.05, 0.1) is 13.2 Å². The van der Waals surface area contributed by atoms with Crippen LogP contribution in [0.2, 0.25) is 0 Å². The minimum absolute atomic E-state index is 0.265. The van der Waals surface area contributed by atoms with Crippen LogP contribution >= 0.6 is 0 Å². The maximum absolute atomic E-state index is 12.3. The highest BCUT2D eigenvalue weighted by molar-refractivity contribution is 5.78. The van der Waals surface area contributed by atoms with E-state index >= 15 is 0 Å². The molecular weight excluding hydrogens is 252 g/mol. The number of nitrogens with zero attached hydrogens (tertiary/aromatic N) is 1. The molecule has 2 rings (SSSR count). The summed E-state index contributed by atoms with van der Waals surface area (Å²) >= 11 is 0. The molecule has 1 N–H and O–H groups in total. The van der Waals surface area contributed by atoms with Crippen LogP contribution in [-0.2, 0) is 9.53 Å². The summed E-state index contributed by atoms with van der Waals surface area (Å²) in [5.74, 6) is 1.10. The lowest BCUT2D eigenvalue weighted by Crippen LogP contribution is -2.51. The molecule has 1 amide bonds. The van der Waals surface area contributed by atoms with Crippen LogP contribution in [0.3, 0.4) is 0 Å². The molecule has 4 heteroatoms. The van der Waals surface area contributed by atoms with Crippen molar-refractivity contribution in [1.29, 1.82) is 0 Å². The number of nitrogens with one attached hydrogen (secondary N) is 1. The van der Waals surface area contributed by atoms with Crippen molar-refractivity contribution in [2.75, 3.05) is 32.8 Å². The third-order valence-corrected chi connectivity index (χ3v) is 4.75. The summed E-state index contributed by atoms with van der Waals surface area (Å²) < 4.78 is 5.42. The molecule has 0 unspecified atom stereocenters. The van der Waals surface area contributed by atoms with Gasteiger partial charge in [-0.1, -0.05) is 33.1 Å². The lowest BCUT2D eigenvalue weighted by Gasteiger charge is -2.37. The van der Waals surface area contributed by atoms with Crippen LogP contribution in [0, 0.1) is 11.8 Å². The number of hydrogen-bond donors (Lipinski definition) is 1. The Hall–Kier alpha value is -0.610. The number of carbonyl (C=O) groups excluding carboxylic acids is 1. The number of amides is 1. The van der Waals surface area contributed by atoms with Crippen LogP contribution in [0.5, 0.6) is 0 Å². The van der Waals surface area contributed by atoms with E-state index in [1.54, 1.807) is 0 Å². The molecule has 1 aliphatic carbocycles. The van der Waals surface area contributed by atoms with Gasteiger partial charge in [0.25, 0.3) is 0 Å². The second-order valence-electron chi connectivity index (χ2n) is 6.54. The monoisotopic (exact) mass is 282 g/mol. The molecule has 1 saturated heterocycles. The second-order valence-corrected chi connectivity index (χ2v) is 6.54. The highest BCUT2D eigenvalue weighted by Crippen LogP contribution is 2.23. The molecule has 0 aromatic rings. The Bertz CT molecular complexity index is 295. The number of ether oxygens (including phenoxy) is 1. The van der Waals surface area contributed by atoms with E-state index in [-0.39, 0.29) is 11.8 Å². The number of hydrogen-bond acceptors (Lipinski definition) is 3. The molecular formula is C16H30N2O2. The third-order valence-electron chi connectivity index (χ3n) is 4.75. The summed E-state index contributed by atoms with van der Waals surface area (Å²) in [7, 11) is 0. The molecule has 0 bridgehead atoms. The number of carbonyl (C=O) groups is 1. The van der Waals surface area contributed by atoms with Crippen molar-refractivity contribution in [3.8, 4) is 0 Å². The molecule has 2 fully saturated rings. The van der Waals surface area contributed by atoms with E-state index in [0.29, 0.717) is 12.0 Å². The van der Waals surface area contributed by atoms with Gasteiger partial charge in [0.1, 0.15) is 0 Å². The maximum Gasteiger partial charge on any atom is 0.223 e. The average Bonchev–Trinajstić information content (AvgIpc) is 2.49. The molecule has 0 radical (unpaired) electrons. The van der Waals surface area contributed by atoms with E-state index in [4.69, 9.17) is 4.74 Å². The van der Waals surface area contributed by atoms with Crippen LogP contribution in [0.25, 0.3) is 0 Å². The van der Waals surface area contributed by atoms with Crippen molar-refractivity contribution in [3.05, 3.63) is 0 Å². The molecule has 2 aliphatic rings. The first kappa shape index (κ1) is 15.8. The molecule has 0 spiro atoms. The average molecular weight is 282 g/mol. The van der Waals surface area contributed by atoms with Crippen molar-refractivity contribution in [3.63, 3.8) is 0 Å². The van der Waals surface area contributed by atoms with Gasteiger partial charge in [0, 0.05) is 31.6 Å². The van der Waals surface area contributed by atoms with E-state index in [0.717, 1.165) is 45.7 Å². The first-order chi connectivity index (χ1) is 9.68. The predicted octanol–water partition coefficient (Wildman–Crippen LogP) is 2.04. The molecule has 0 aromatic carbocycles. The fourth-order valence-corrected chi connectivity index (χ4v) is 3.41. The molecule has 0 aromatic heterocycles. The molecule has 1 saturated carbocycles. The quantitative estimate of drug-likeness (QED) is 0.839. The Morgan fingerprint density at radius 2 is 1.85 bits per heavy atom. The van der Waals surface area contributed by atoms with Crippen LogP contribution in [-0.4, -0.2) is 49.7 Å². The molecule has 116 valence electrons. The fraction of sp³-hybridized carbons (Fsp3) is 0.938. The standard InChI is InChI=1S/C16H30N2O2/c1-13(2)15(18-8-10-20-11-9-18)12-17-16(19)14-6-4-3-5-7-14/h13-15H,3-12H2,1-2H3,(H,17,19)/t15-/m0/s1. The maximum atomic E-state index is 12.3. The van der Waals surface area contributed by atoms with Gasteiger partial charge in [-0.2, -0.15) is 0 Å². The second kappa shape index (κ2) is 7.99. The summed E-state index contributed by atoms with van der Waals surface area (Å²) in [6.45, 7) is 8.89. The Morgan fingerprint density at radius 1 is 1.20 bits per heavy atom. The topological polar surface area (TPSA) is 41.6 Å². The van der Waals surface area contributed by atoms with Crippen molar-refractivity contribution in [2.45, 2.75) is 52.0 Å². The molecule has 1 aliphatic heterocycles. The van der Waals surface area contributed by atoms with Crippen LogP contribution in [0.1, 0.15) is 46.0 Å². The van der Waals surface area contributed by atoms with Crippen molar-refractivity contribution in [2.24, 2.45) is 11.8 Å². The smallest absolute Gasteiger partial charge is 0.223 e. The number of morpholine rings is 1. The molecule has 20 heavy (non-hydrogen) atoms. The minimum atomic E-state index is 0.265. The van der Waals surface area contributed by atoms with Crippen LogP contribution < -0.4 is 5.32 Å². The Balaban J connectivity index is 1.80. The van der Waals surface area contributed by atoms with E-state index in [2.05, 4.69) is 24.1 Å². The van der Waals surface area contributed by atoms with E-state index in [1.165, 1.54) is 19.3 Å². The van der Waals surface area contributed by atoms with E-state index in [1.807, 2.05) is 0 Å². The summed E-state index contributed by atoms with van der Waals surface area (Å²) in [4.78, 5) is 14.7. The predicted molar refractivity (Wildman–Crippen MR) is 80.6 cm³/mol. The fourth-order valence-electron chi connectivity index (χ4n) is 3.41. The normalized spacial score (nSPS) is 23.8. The van der Waals surface area contributed by atoms with Gasteiger partial charge in [0.15, 0.2) is 0 Å². The minimum Gasteiger partial charge on any atom is -0.379 e. The van der Waals surface area contributed by atoms with Gasteiger partial charge in [-0.15, -0.1) is 0 Å². The van der Waals surface area contributed by atoms with Gasteiger partial charge in [-0.3, -0.25) is 9.69 Å². The third kappa shape index (κ3) is 4.45. The van der Waals surface area contributed by atoms with Gasteiger partial charge < -0.3 is 10.1 Å². The Labute approximate surface area is 123 Å². The largest absolute Gasteiger partial charge is 0.379 e. The van der Waals surface area contributed by atoms with Gasteiger partial charge >= 0.3 is 0 Å². The van der Waals surface area contributed by atoms with Crippen LogP contribution in [0.15, 0.2) is 0 Å². The van der Waals surface area contributed by atoms with Crippen molar-refractivity contribution in [1.82, 2.24) is 10.2 Å². The van der Waals surface area contributed by atoms with E-state index < -0.39 is 0 Å². The highest BCUT2D eigenvalue weighted by Gasteiger charge is 2.26. The van der Waals surface area contributed by atoms with Crippen molar-refractivity contribution < 1.29 is 9.53 Å². The van der Waals surface area contributed by atoms with Gasteiger partial charge in [-0.25, -0.2) is 0 Å². The SMILES string of the molecule is CC(C)[C@H](CNC(=O)C1CCCCC1)N1CCOCC1. The summed E-state index contributed by atoms with van der Waals surface area (Å²) in [5, 5.41) is 3.21. The lowest BCUT2D eigenvalue weighted by atomic mass is 9.88. The zero-order valence-corrected chi connectivity index (χ0v) is 13.1. The first-order valence-corrected chi connectivity index (χ1v) is 8.28. The first-order valence-electron chi connectivity index (χ1n) is 8.28. The number of rotatable bonds is 5. The lowest BCUT2D eigenvalue weighted by molar-refractivity contribution is -0.126. The van der Waals surface area contributed by atoms with E-state index in [9.17, 15) is 4.79 Å². The summed E-state index contributed by atoms with van der Waals surface area (Å²) in [6, 6.07) is 0.437. The molecule has 4 nitrogen and oxygen atoms in total. The zero-order valence-electron chi connectivity index (χ0n) is 13.1. The van der Waals surface area contributed by atoms with Crippen LogP contribution in [0.4, 0.5) is 0 Å². The molecule has 1 atom stereocenters. The summed E-state index contributed by atoms with van der Waals surface area (Å²) in [6.07, 6.45) is 5.89. The summed E-state index contributed by atoms with van der Waals surface area (Å²) in [5.41, 5.74) is 0. The van der Waals surface area contributed by atoms with Crippen molar-refractivity contribution >= 4 is 5.91 Å². The Kier molecular flexibility index (Phi) is 6.30. The van der Waals surface area contributed by atoms with Gasteiger partial charge in [-0.05, 0) is 18.8 Å². The highest BCUT2D eigenvalue weighted by atomic mass is 16.5. The molecule has 1 heterocycles. The Morgan fingerprint density at radius 3 is 2.45 bits per heavy atom. The van der Waals surface area contributed by atoms with Gasteiger partial charge in [0.2, 0.25) is 5.91 Å². The zero-order chi connectivity index (χ0) is 14.4.